The van der Waals surface area contributed by atoms with E-state index in [1.165, 1.54) is 11.3 Å². The van der Waals surface area contributed by atoms with E-state index >= 15 is 0 Å². The summed E-state index contributed by atoms with van der Waals surface area (Å²) in [5.74, 6) is 2.72. The second kappa shape index (κ2) is 7.07. The maximum Gasteiger partial charge on any atom is 0.138 e. The summed E-state index contributed by atoms with van der Waals surface area (Å²) >= 11 is 0. The summed E-state index contributed by atoms with van der Waals surface area (Å²) in [5.41, 5.74) is 2.45. The van der Waals surface area contributed by atoms with Crippen LogP contribution in [0.2, 0.25) is 0 Å². The van der Waals surface area contributed by atoms with Crippen LogP contribution in [-0.2, 0) is 6.42 Å². The molecule has 0 unspecified atom stereocenters. The molecular weight excluding hydrogens is 260 g/mol. The maximum atomic E-state index is 4.70. The van der Waals surface area contributed by atoms with Crippen LogP contribution in [0, 0.1) is 6.92 Å². The van der Waals surface area contributed by atoms with E-state index in [0.29, 0.717) is 0 Å². The molecule has 0 bridgehead atoms. The Hall–Kier alpha value is -2.10. The molecule has 4 heteroatoms. The van der Waals surface area contributed by atoms with E-state index in [1.807, 2.05) is 6.07 Å². The Kier molecular flexibility index (Phi) is 5.14. The standard InChI is InChI=1S/C17H24N4/c1-5-15-19-16(18-6-2)12-17(20-15)21(7-3)14-11-9-8-10-13(14)4/h8-12H,5-7H2,1-4H3,(H,18,19,20). The van der Waals surface area contributed by atoms with Crippen LogP contribution in [-0.4, -0.2) is 23.1 Å². The molecule has 0 aliphatic rings. The molecule has 1 heterocycles. The molecule has 112 valence electrons. The molecule has 0 aliphatic carbocycles. The minimum Gasteiger partial charge on any atom is -0.370 e. The first-order valence-corrected chi connectivity index (χ1v) is 7.64. The van der Waals surface area contributed by atoms with Gasteiger partial charge in [0.1, 0.15) is 17.5 Å². The van der Waals surface area contributed by atoms with Crippen molar-refractivity contribution in [1.82, 2.24) is 9.97 Å². The number of anilines is 3. The monoisotopic (exact) mass is 284 g/mol. The maximum absolute atomic E-state index is 4.70. The number of nitrogens with zero attached hydrogens (tertiary/aromatic N) is 3. The summed E-state index contributed by atoms with van der Waals surface area (Å²) < 4.78 is 0. The largest absolute Gasteiger partial charge is 0.370 e. The van der Waals surface area contributed by atoms with E-state index in [9.17, 15) is 0 Å². The zero-order valence-corrected chi connectivity index (χ0v) is 13.3. The van der Waals surface area contributed by atoms with Crippen molar-refractivity contribution >= 4 is 17.3 Å². The van der Waals surface area contributed by atoms with Crippen molar-refractivity contribution in [3.8, 4) is 0 Å². The molecule has 21 heavy (non-hydrogen) atoms. The van der Waals surface area contributed by atoms with Crippen molar-refractivity contribution in [3.63, 3.8) is 0 Å². The Morgan fingerprint density at radius 1 is 1.10 bits per heavy atom. The van der Waals surface area contributed by atoms with Gasteiger partial charge in [-0.25, -0.2) is 9.97 Å². The van der Waals surface area contributed by atoms with Crippen LogP contribution in [0.15, 0.2) is 30.3 Å². The molecule has 0 saturated heterocycles. The van der Waals surface area contributed by atoms with Gasteiger partial charge in [-0.1, -0.05) is 25.1 Å². The normalized spacial score (nSPS) is 10.5. The summed E-state index contributed by atoms with van der Waals surface area (Å²) in [6.45, 7) is 10.2. The Bertz CT molecular complexity index is 595. The molecule has 1 aromatic carbocycles. The Morgan fingerprint density at radius 2 is 1.86 bits per heavy atom. The van der Waals surface area contributed by atoms with E-state index in [1.54, 1.807) is 0 Å². The lowest BCUT2D eigenvalue weighted by Gasteiger charge is -2.24. The van der Waals surface area contributed by atoms with Gasteiger partial charge >= 0.3 is 0 Å². The van der Waals surface area contributed by atoms with Gasteiger partial charge in [0.15, 0.2) is 0 Å². The van der Waals surface area contributed by atoms with Gasteiger partial charge in [0, 0.05) is 31.3 Å². The molecule has 4 nitrogen and oxygen atoms in total. The quantitative estimate of drug-likeness (QED) is 0.872. The van der Waals surface area contributed by atoms with Crippen molar-refractivity contribution in [2.24, 2.45) is 0 Å². The van der Waals surface area contributed by atoms with E-state index in [4.69, 9.17) is 4.98 Å². The fourth-order valence-electron chi connectivity index (χ4n) is 2.37. The smallest absolute Gasteiger partial charge is 0.138 e. The zero-order valence-electron chi connectivity index (χ0n) is 13.3. The van der Waals surface area contributed by atoms with Gasteiger partial charge < -0.3 is 10.2 Å². The van der Waals surface area contributed by atoms with Gasteiger partial charge in [-0.2, -0.15) is 0 Å². The summed E-state index contributed by atoms with van der Waals surface area (Å²) in [6.07, 6.45) is 0.831. The first-order valence-electron chi connectivity index (χ1n) is 7.64. The fraction of sp³-hybridized carbons (Fsp3) is 0.412. The average molecular weight is 284 g/mol. The lowest BCUT2D eigenvalue weighted by atomic mass is 10.2. The third kappa shape index (κ3) is 3.51. The van der Waals surface area contributed by atoms with Crippen LogP contribution < -0.4 is 10.2 Å². The van der Waals surface area contributed by atoms with Crippen LogP contribution in [0.3, 0.4) is 0 Å². The summed E-state index contributed by atoms with van der Waals surface area (Å²) in [7, 11) is 0. The first kappa shape index (κ1) is 15.3. The fourth-order valence-corrected chi connectivity index (χ4v) is 2.37. The number of rotatable bonds is 6. The molecule has 0 aliphatic heterocycles. The molecule has 1 N–H and O–H groups in total. The average Bonchev–Trinajstić information content (AvgIpc) is 2.50. The van der Waals surface area contributed by atoms with Gasteiger partial charge in [0.2, 0.25) is 0 Å². The van der Waals surface area contributed by atoms with Gasteiger partial charge in [-0.3, -0.25) is 0 Å². The Balaban J connectivity index is 2.46. The summed E-state index contributed by atoms with van der Waals surface area (Å²) in [5, 5.41) is 3.29. The highest BCUT2D eigenvalue weighted by atomic mass is 15.2. The minimum atomic E-state index is 0.831. The Morgan fingerprint density at radius 3 is 2.48 bits per heavy atom. The third-order valence-corrected chi connectivity index (χ3v) is 3.43. The van der Waals surface area contributed by atoms with Crippen LogP contribution in [0.5, 0.6) is 0 Å². The number of hydrogen-bond donors (Lipinski definition) is 1. The van der Waals surface area contributed by atoms with Crippen molar-refractivity contribution in [2.45, 2.75) is 34.1 Å². The number of aromatic nitrogens is 2. The first-order chi connectivity index (χ1) is 10.2. The molecule has 1 aromatic heterocycles. The van der Waals surface area contributed by atoms with Crippen molar-refractivity contribution in [3.05, 3.63) is 41.7 Å². The lowest BCUT2D eigenvalue weighted by molar-refractivity contribution is 0.899. The summed E-state index contributed by atoms with van der Waals surface area (Å²) in [4.78, 5) is 11.5. The van der Waals surface area contributed by atoms with E-state index in [0.717, 1.165) is 37.0 Å². The summed E-state index contributed by atoms with van der Waals surface area (Å²) in [6, 6.07) is 10.4. The molecule has 2 aromatic rings. The predicted molar refractivity (Wildman–Crippen MR) is 89.4 cm³/mol. The molecule has 0 amide bonds. The molecule has 0 saturated carbocycles. The van der Waals surface area contributed by atoms with E-state index in [2.05, 4.69) is 67.2 Å². The topological polar surface area (TPSA) is 41.0 Å². The van der Waals surface area contributed by atoms with E-state index in [-0.39, 0.29) is 0 Å². The number of aryl methyl sites for hydroxylation is 2. The second-order valence-electron chi connectivity index (χ2n) is 4.94. The molecule has 2 rings (SSSR count). The molecule has 0 fully saturated rings. The second-order valence-corrected chi connectivity index (χ2v) is 4.94. The Labute approximate surface area is 127 Å². The minimum absolute atomic E-state index is 0.831. The number of benzene rings is 1. The third-order valence-electron chi connectivity index (χ3n) is 3.43. The molecule has 0 radical (unpaired) electrons. The van der Waals surface area contributed by atoms with Crippen LogP contribution in [0.25, 0.3) is 0 Å². The van der Waals surface area contributed by atoms with Crippen LogP contribution >= 0.6 is 0 Å². The van der Waals surface area contributed by atoms with E-state index < -0.39 is 0 Å². The van der Waals surface area contributed by atoms with Crippen LogP contribution in [0.1, 0.15) is 32.2 Å². The number of para-hydroxylation sites is 1. The highest BCUT2D eigenvalue weighted by Crippen LogP contribution is 2.27. The predicted octanol–water partition coefficient (Wildman–Crippen LogP) is 3.94. The van der Waals surface area contributed by atoms with Gasteiger partial charge in [0.05, 0.1) is 0 Å². The van der Waals surface area contributed by atoms with Crippen molar-refractivity contribution < 1.29 is 0 Å². The van der Waals surface area contributed by atoms with Gasteiger partial charge in [-0.15, -0.1) is 0 Å². The SMILES string of the molecule is CCNc1cc(N(CC)c2ccccc2C)nc(CC)n1. The molecular formula is C17H24N4. The highest BCUT2D eigenvalue weighted by Gasteiger charge is 2.13. The van der Waals surface area contributed by atoms with Gasteiger partial charge in [-0.05, 0) is 32.4 Å². The lowest BCUT2D eigenvalue weighted by Crippen LogP contribution is -2.20. The molecule has 0 spiro atoms. The zero-order chi connectivity index (χ0) is 15.2. The van der Waals surface area contributed by atoms with Crippen LogP contribution in [0.4, 0.5) is 17.3 Å². The van der Waals surface area contributed by atoms with Crippen molar-refractivity contribution in [2.75, 3.05) is 23.3 Å². The number of nitrogens with one attached hydrogen (secondary N) is 1. The molecule has 0 atom stereocenters. The number of hydrogen-bond acceptors (Lipinski definition) is 4. The van der Waals surface area contributed by atoms with Gasteiger partial charge in [0.25, 0.3) is 0 Å². The highest BCUT2D eigenvalue weighted by molar-refractivity contribution is 5.65. The van der Waals surface area contributed by atoms with Crippen molar-refractivity contribution in [1.29, 1.82) is 0 Å².